The topological polar surface area (TPSA) is 59.6 Å². The molecule has 2 N–H and O–H groups in total. The SMILES string of the molecule is COc1ccc(CNC(=O)NCC2COc3ccccc3C2)cc1. The van der Waals surface area contributed by atoms with Crippen LogP contribution in [0.15, 0.2) is 48.5 Å². The first-order chi connectivity index (χ1) is 11.7. The number of urea groups is 1. The third kappa shape index (κ3) is 4.19. The van der Waals surface area contributed by atoms with Gasteiger partial charge in [0, 0.05) is 19.0 Å². The summed E-state index contributed by atoms with van der Waals surface area (Å²) >= 11 is 0. The van der Waals surface area contributed by atoms with Crippen LogP contribution in [-0.4, -0.2) is 26.3 Å². The number of fused-ring (bicyclic) bond motifs is 1. The summed E-state index contributed by atoms with van der Waals surface area (Å²) in [5, 5.41) is 5.78. The highest BCUT2D eigenvalue weighted by Crippen LogP contribution is 2.26. The Balaban J connectivity index is 1.41. The minimum absolute atomic E-state index is 0.162. The Labute approximate surface area is 142 Å². The van der Waals surface area contributed by atoms with E-state index in [1.165, 1.54) is 5.56 Å². The van der Waals surface area contributed by atoms with E-state index in [4.69, 9.17) is 9.47 Å². The van der Waals surface area contributed by atoms with Crippen molar-refractivity contribution in [3.63, 3.8) is 0 Å². The van der Waals surface area contributed by atoms with Crippen LogP contribution in [0.2, 0.25) is 0 Å². The Morgan fingerprint density at radius 1 is 1.17 bits per heavy atom. The molecular formula is C19H22N2O3. The maximum Gasteiger partial charge on any atom is 0.315 e. The number of nitrogens with one attached hydrogen (secondary N) is 2. The highest BCUT2D eigenvalue weighted by atomic mass is 16.5. The number of ether oxygens (including phenoxy) is 2. The number of carbonyl (C=O) groups is 1. The first-order valence-electron chi connectivity index (χ1n) is 8.10. The summed E-state index contributed by atoms with van der Waals surface area (Å²) in [6.45, 7) is 1.72. The summed E-state index contributed by atoms with van der Waals surface area (Å²) in [4.78, 5) is 11.9. The molecule has 1 heterocycles. The average Bonchev–Trinajstić information content (AvgIpc) is 2.65. The van der Waals surface area contributed by atoms with Crippen LogP contribution >= 0.6 is 0 Å². The number of amides is 2. The minimum Gasteiger partial charge on any atom is -0.497 e. The molecule has 2 aromatic rings. The zero-order valence-corrected chi connectivity index (χ0v) is 13.7. The van der Waals surface area contributed by atoms with E-state index < -0.39 is 0 Å². The van der Waals surface area contributed by atoms with Crippen molar-refractivity contribution in [2.75, 3.05) is 20.3 Å². The van der Waals surface area contributed by atoms with Crippen molar-refractivity contribution in [1.82, 2.24) is 10.6 Å². The molecule has 0 bridgehead atoms. The van der Waals surface area contributed by atoms with Gasteiger partial charge in [-0.1, -0.05) is 30.3 Å². The summed E-state index contributed by atoms with van der Waals surface area (Å²) in [6.07, 6.45) is 0.926. The van der Waals surface area contributed by atoms with E-state index in [0.29, 0.717) is 25.6 Å². The maximum absolute atomic E-state index is 11.9. The van der Waals surface area contributed by atoms with Crippen LogP contribution in [-0.2, 0) is 13.0 Å². The lowest BCUT2D eigenvalue weighted by molar-refractivity contribution is 0.211. The molecule has 0 saturated heterocycles. The number of methoxy groups -OCH3 is 1. The van der Waals surface area contributed by atoms with Gasteiger partial charge in [-0.2, -0.15) is 0 Å². The molecule has 0 fully saturated rings. The van der Waals surface area contributed by atoms with Crippen LogP contribution in [0.25, 0.3) is 0 Å². The Morgan fingerprint density at radius 2 is 1.96 bits per heavy atom. The first kappa shape index (κ1) is 16.2. The van der Waals surface area contributed by atoms with Gasteiger partial charge in [-0.3, -0.25) is 0 Å². The monoisotopic (exact) mass is 326 g/mol. The Morgan fingerprint density at radius 3 is 2.75 bits per heavy atom. The molecule has 0 spiro atoms. The van der Waals surface area contributed by atoms with E-state index in [1.54, 1.807) is 7.11 Å². The molecular weight excluding hydrogens is 304 g/mol. The van der Waals surface area contributed by atoms with Crippen molar-refractivity contribution < 1.29 is 14.3 Å². The van der Waals surface area contributed by atoms with E-state index in [0.717, 1.165) is 23.5 Å². The van der Waals surface area contributed by atoms with Crippen LogP contribution < -0.4 is 20.1 Å². The van der Waals surface area contributed by atoms with Gasteiger partial charge in [0.2, 0.25) is 0 Å². The van der Waals surface area contributed by atoms with Crippen LogP contribution in [0.4, 0.5) is 4.79 Å². The molecule has 0 saturated carbocycles. The molecule has 5 nitrogen and oxygen atoms in total. The van der Waals surface area contributed by atoms with Gasteiger partial charge >= 0.3 is 6.03 Å². The molecule has 0 aromatic heterocycles. The van der Waals surface area contributed by atoms with Crippen molar-refractivity contribution in [2.45, 2.75) is 13.0 Å². The summed E-state index contributed by atoms with van der Waals surface area (Å²) in [5.41, 5.74) is 2.23. The highest BCUT2D eigenvalue weighted by Gasteiger charge is 2.19. The molecule has 24 heavy (non-hydrogen) atoms. The Hall–Kier alpha value is -2.69. The fraction of sp³-hybridized carbons (Fsp3) is 0.316. The molecule has 5 heteroatoms. The molecule has 3 rings (SSSR count). The Kier molecular flexibility index (Phi) is 5.21. The molecule has 126 valence electrons. The van der Waals surface area contributed by atoms with Crippen molar-refractivity contribution >= 4 is 6.03 Å². The van der Waals surface area contributed by atoms with E-state index >= 15 is 0 Å². The molecule has 2 amide bonds. The molecule has 0 radical (unpaired) electrons. The Bertz CT molecular complexity index is 685. The lowest BCUT2D eigenvalue weighted by Crippen LogP contribution is -2.40. The van der Waals surface area contributed by atoms with Gasteiger partial charge in [0.05, 0.1) is 13.7 Å². The van der Waals surface area contributed by atoms with Crippen molar-refractivity contribution in [3.05, 3.63) is 59.7 Å². The zero-order valence-electron chi connectivity index (χ0n) is 13.7. The van der Waals surface area contributed by atoms with Gasteiger partial charge in [0.15, 0.2) is 0 Å². The van der Waals surface area contributed by atoms with Crippen LogP contribution in [0.5, 0.6) is 11.5 Å². The highest BCUT2D eigenvalue weighted by molar-refractivity contribution is 5.73. The quantitative estimate of drug-likeness (QED) is 0.888. The number of benzene rings is 2. The van der Waals surface area contributed by atoms with E-state index in [2.05, 4.69) is 16.7 Å². The third-order valence-electron chi connectivity index (χ3n) is 4.12. The number of hydrogen-bond donors (Lipinski definition) is 2. The van der Waals surface area contributed by atoms with Crippen LogP contribution in [0.3, 0.4) is 0 Å². The molecule has 1 aliphatic heterocycles. The zero-order chi connectivity index (χ0) is 16.8. The average molecular weight is 326 g/mol. The molecule has 1 unspecified atom stereocenters. The van der Waals surface area contributed by atoms with Crippen LogP contribution in [0.1, 0.15) is 11.1 Å². The number of para-hydroxylation sites is 1. The van der Waals surface area contributed by atoms with Gasteiger partial charge in [0.1, 0.15) is 11.5 Å². The van der Waals surface area contributed by atoms with E-state index in [9.17, 15) is 4.79 Å². The minimum atomic E-state index is -0.162. The number of rotatable bonds is 5. The maximum atomic E-state index is 11.9. The summed E-state index contributed by atoms with van der Waals surface area (Å²) in [5.74, 6) is 2.06. The van der Waals surface area contributed by atoms with Crippen molar-refractivity contribution in [3.8, 4) is 11.5 Å². The second-order valence-electron chi connectivity index (χ2n) is 5.90. The van der Waals surface area contributed by atoms with Gasteiger partial charge in [-0.05, 0) is 35.7 Å². The summed E-state index contributed by atoms with van der Waals surface area (Å²) < 4.78 is 10.8. The van der Waals surface area contributed by atoms with Gasteiger partial charge < -0.3 is 20.1 Å². The lowest BCUT2D eigenvalue weighted by atomic mass is 9.97. The van der Waals surface area contributed by atoms with Gasteiger partial charge in [0.25, 0.3) is 0 Å². The van der Waals surface area contributed by atoms with Crippen LogP contribution in [0, 0.1) is 5.92 Å². The smallest absolute Gasteiger partial charge is 0.315 e. The lowest BCUT2D eigenvalue weighted by Gasteiger charge is -2.25. The normalized spacial score (nSPS) is 15.8. The fourth-order valence-corrected chi connectivity index (χ4v) is 2.75. The second-order valence-corrected chi connectivity index (χ2v) is 5.90. The molecule has 1 atom stereocenters. The van der Waals surface area contributed by atoms with Gasteiger partial charge in [-0.25, -0.2) is 4.79 Å². The van der Waals surface area contributed by atoms with Gasteiger partial charge in [-0.15, -0.1) is 0 Å². The largest absolute Gasteiger partial charge is 0.497 e. The second kappa shape index (κ2) is 7.73. The summed E-state index contributed by atoms with van der Waals surface area (Å²) in [7, 11) is 1.63. The predicted octanol–water partition coefficient (Wildman–Crippen LogP) is 2.75. The standard InChI is InChI=1S/C19H22N2O3/c1-23-17-8-6-14(7-9-17)11-20-19(22)21-12-15-10-16-4-2-3-5-18(16)24-13-15/h2-9,15H,10-13H2,1H3,(H2,20,21,22). The summed E-state index contributed by atoms with van der Waals surface area (Å²) in [6, 6.07) is 15.5. The third-order valence-corrected chi connectivity index (χ3v) is 4.12. The predicted molar refractivity (Wildman–Crippen MR) is 92.4 cm³/mol. The number of hydrogen-bond acceptors (Lipinski definition) is 3. The molecule has 2 aromatic carbocycles. The van der Waals surface area contributed by atoms with E-state index in [1.807, 2.05) is 42.5 Å². The first-order valence-corrected chi connectivity index (χ1v) is 8.10. The fourth-order valence-electron chi connectivity index (χ4n) is 2.75. The van der Waals surface area contributed by atoms with E-state index in [-0.39, 0.29) is 6.03 Å². The number of carbonyl (C=O) groups excluding carboxylic acids is 1. The van der Waals surface area contributed by atoms with Crippen molar-refractivity contribution in [1.29, 1.82) is 0 Å². The molecule has 1 aliphatic rings. The molecule has 0 aliphatic carbocycles. The van der Waals surface area contributed by atoms with Crippen molar-refractivity contribution in [2.24, 2.45) is 5.92 Å².